The molecule has 1 aliphatic rings. The van der Waals surface area contributed by atoms with Crippen molar-refractivity contribution in [3.8, 4) is 16.9 Å². The summed E-state index contributed by atoms with van der Waals surface area (Å²) in [5.74, 6) is -1.91. The van der Waals surface area contributed by atoms with Gasteiger partial charge in [-0.2, -0.15) is 22.9 Å². The van der Waals surface area contributed by atoms with Gasteiger partial charge in [0.15, 0.2) is 5.69 Å². The number of piperidine rings is 1. The van der Waals surface area contributed by atoms with Gasteiger partial charge in [-0.1, -0.05) is 29.8 Å². The lowest BCUT2D eigenvalue weighted by atomic mass is 9.98. The fraction of sp³-hybridized carbons (Fsp3) is 0.414. The third-order valence-corrected chi connectivity index (χ3v) is 8.57. The number of benzene rings is 2. The lowest BCUT2D eigenvalue weighted by Gasteiger charge is -2.28. The lowest BCUT2D eigenvalue weighted by Crippen LogP contribution is -2.48. The third-order valence-electron chi connectivity index (χ3n) is 7.21. The smallest absolute Gasteiger partial charge is 0.425 e. The second-order valence-electron chi connectivity index (χ2n) is 11.9. The minimum Gasteiger partial charge on any atom is -0.425 e. The minimum atomic E-state index is -4.69. The maximum atomic E-state index is 13.5. The highest BCUT2D eigenvalue weighted by Gasteiger charge is 2.36. The Hall–Kier alpha value is -4.67. The minimum absolute atomic E-state index is 0.116. The maximum absolute atomic E-state index is 13.5. The molecule has 3 heterocycles. The highest BCUT2D eigenvalue weighted by atomic mass is 32.2. The highest BCUT2D eigenvalue weighted by molar-refractivity contribution is 7.90. The summed E-state index contributed by atoms with van der Waals surface area (Å²) in [6.07, 6.45) is -3.73. The van der Waals surface area contributed by atoms with Gasteiger partial charge in [0, 0.05) is 17.1 Å². The summed E-state index contributed by atoms with van der Waals surface area (Å²) < 4.78 is 80.2. The average Bonchev–Trinajstić information content (AvgIpc) is 3.62. The molecule has 1 fully saturated rings. The summed E-state index contributed by atoms with van der Waals surface area (Å²) in [7, 11) is -4.31. The highest BCUT2D eigenvalue weighted by Crippen LogP contribution is 2.33. The number of esters is 1. The van der Waals surface area contributed by atoms with Crippen molar-refractivity contribution in [1.29, 1.82) is 0 Å². The van der Waals surface area contributed by atoms with Gasteiger partial charge < -0.3 is 9.57 Å². The Labute approximate surface area is 262 Å². The molecule has 4 aromatic rings. The van der Waals surface area contributed by atoms with Crippen molar-refractivity contribution in [2.45, 2.75) is 51.6 Å². The number of halogens is 3. The first-order valence-corrected chi connectivity index (χ1v) is 15.8. The summed E-state index contributed by atoms with van der Waals surface area (Å²) in [5, 5.41) is 6.34. The van der Waals surface area contributed by atoms with Crippen molar-refractivity contribution in [1.82, 2.24) is 24.5 Å². The molecule has 1 unspecified atom stereocenters. The zero-order chi connectivity index (χ0) is 33.4. The van der Waals surface area contributed by atoms with Crippen LogP contribution in [0.25, 0.3) is 16.9 Å². The normalized spacial score (nSPS) is 16.0. The Morgan fingerprint density at radius 1 is 1.07 bits per heavy atom. The molecule has 46 heavy (non-hydrogen) atoms. The molecule has 0 bridgehead atoms. The molecule has 1 amide bonds. The van der Waals surface area contributed by atoms with Gasteiger partial charge in [-0.3, -0.25) is 14.6 Å². The van der Waals surface area contributed by atoms with Crippen molar-refractivity contribution in [2.75, 3.05) is 24.9 Å². The number of sulfonamides is 1. The first kappa shape index (κ1) is 32.7. The van der Waals surface area contributed by atoms with E-state index in [2.05, 4.69) is 9.82 Å². The number of hydrogen-bond donors (Lipinski definition) is 1. The van der Waals surface area contributed by atoms with E-state index >= 15 is 0 Å². The molecule has 2 aromatic carbocycles. The van der Waals surface area contributed by atoms with Gasteiger partial charge in [0.05, 0.1) is 34.2 Å². The first-order chi connectivity index (χ1) is 21.5. The number of hydrogen-bond acceptors (Lipinski definition) is 9. The molecule has 1 aliphatic heterocycles. The van der Waals surface area contributed by atoms with Gasteiger partial charge in [0.1, 0.15) is 5.02 Å². The van der Waals surface area contributed by atoms with Crippen LogP contribution in [0.15, 0.2) is 64.1 Å². The van der Waals surface area contributed by atoms with Gasteiger partial charge >= 0.3 is 12.1 Å². The number of nitrogens with one attached hydrogen (secondary N) is 1. The van der Waals surface area contributed by atoms with Crippen LogP contribution in [0.4, 0.5) is 13.2 Å². The molecule has 0 radical (unpaired) electrons. The molecule has 1 N–H and O–H groups in total. The van der Waals surface area contributed by atoms with E-state index in [0.29, 0.717) is 24.9 Å². The summed E-state index contributed by atoms with van der Waals surface area (Å²) in [6, 6.07) is 12.8. The fourth-order valence-corrected chi connectivity index (χ4v) is 5.67. The summed E-state index contributed by atoms with van der Waals surface area (Å²) in [5.41, 5.74) is -0.0230. The van der Waals surface area contributed by atoms with E-state index in [1.54, 1.807) is 50.0 Å². The zero-order valence-electron chi connectivity index (χ0n) is 25.4. The molecule has 17 heteroatoms. The number of alkyl halides is 3. The molecule has 1 saturated heterocycles. The van der Waals surface area contributed by atoms with E-state index in [-0.39, 0.29) is 22.8 Å². The van der Waals surface area contributed by atoms with Gasteiger partial charge in [0.25, 0.3) is 16.8 Å². The van der Waals surface area contributed by atoms with Crippen molar-refractivity contribution in [3.63, 3.8) is 0 Å². The largest absolute Gasteiger partial charge is 0.435 e. The molecule has 0 spiro atoms. The number of aryl methyl sites for hydroxylation is 1. The number of carbonyl (C=O) groups excluding carboxylic acids is 2. The van der Waals surface area contributed by atoms with Crippen LogP contribution in [-0.2, 0) is 30.5 Å². The predicted molar refractivity (Wildman–Crippen MR) is 156 cm³/mol. The molecule has 13 nitrogen and oxygen atoms in total. The Bertz CT molecular complexity index is 1800. The van der Waals surface area contributed by atoms with E-state index in [1.165, 1.54) is 29.2 Å². The number of amides is 1. The van der Waals surface area contributed by atoms with Crippen molar-refractivity contribution < 1.29 is 45.4 Å². The average molecular weight is 667 g/mol. The van der Waals surface area contributed by atoms with Crippen LogP contribution in [0.1, 0.15) is 44.9 Å². The third kappa shape index (κ3) is 7.41. The van der Waals surface area contributed by atoms with Crippen LogP contribution in [0.3, 0.4) is 0 Å². The molecular weight excluding hydrogens is 633 g/mol. The molecule has 1 atom stereocenters. The topological polar surface area (TPSA) is 143 Å². The van der Waals surface area contributed by atoms with Crippen LogP contribution in [0, 0.1) is 18.3 Å². The number of aromatic nitrogens is 4. The second-order valence-corrected chi connectivity index (χ2v) is 13.6. The number of ether oxygens (including phenoxy) is 1. The zero-order valence-corrected chi connectivity index (χ0v) is 26.3. The fourth-order valence-electron chi connectivity index (χ4n) is 4.63. The molecule has 5 rings (SSSR count). The van der Waals surface area contributed by atoms with Gasteiger partial charge in [-0.25, -0.2) is 17.8 Å². The van der Waals surface area contributed by atoms with E-state index in [4.69, 9.17) is 14.2 Å². The van der Waals surface area contributed by atoms with Gasteiger partial charge in [-0.05, 0) is 70.9 Å². The molecule has 248 valence electrons. The molecule has 0 aliphatic carbocycles. The summed E-state index contributed by atoms with van der Waals surface area (Å²) in [6.45, 7) is 7.16. The Kier molecular flexibility index (Phi) is 8.72. The monoisotopic (exact) mass is 666 g/mol. The van der Waals surface area contributed by atoms with Crippen molar-refractivity contribution in [2.24, 2.45) is 11.3 Å². The van der Waals surface area contributed by atoms with E-state index in [9.17, 15) is 31.2 Å². The summed E-state index contributed by atoms with van der Waals surface area (Å²) in [4.78, 5) is 31.0. The predicted octanol–water partition coefficient (Wildman–Crippen LogP) is 3.89. The van der Waals surface area contributed by atoms with Crippen molar-refractivity contribution >= 4 is 21.9 Å². The second kappa shape index (κ2) is 12.3. The Balaban J connectivity index is 1.24. The standard InChI is InChI=1S/C29H33F3N6O7S/c1-19-7-9-20(10-8-19)24-16-25(29(30,31)32)33-36(24)22-11-13-23(14-12-22)46(41,42)34-26(39)21-6-5-15-35(17-21)37-38(45-37)44-18-43-27(40)28(2,3)4/h7-14,16,21H,5-6,15,17-18H2,1-4H3,(H,34,39). The summed E-state index contributed by atoms with van der Waals surface area (Å²) >= 11 is 0. The number of carbonyl (C=O) groups is 2. The van der Waals surface area contributed by atoms with Gasteiger partial charge in [-0.15, -0.1) is 0 Å². The van der Waals surface area contributed by atoms with Gasteiger partial charge in [0.2, 0.25) is 5.91 Å². The Morgan fingerprint density at radius 3 is 2.37 bits per heavy atom. The van der Waals surface area contributed by atoms with Crippen LogP contribution >= 0.6 is 0 Å². The van der Waals surface area contributed by atoms with Crippen LogP contribution in [0.5, 0.6) is 0 Å². The van der Waals surface area contributed by atoms with E-state index in [0.717, 1.165) is 21.3 Å². The van der Waals surface area contributed by atoms with E-state index in [1.807, 2.05) is 6.92 Å². The number of rotatable bonds is 9. The maximum Gasteiger partial charge on any atom is 0.435 e. The first-order valence-electron chi connectivity index (χ1n) is 14.3. The SMILES string of the molecule is Cc1ccc(-c2cc(C(F)(F)F)nn2-c2ccc(S(=O)(=O)NC(=O)C3CCCN(n4on4OCOC(=O)C(C)(C)C)C3)cc2)cc1. The number of nitrogens with zero attached hydrogens (tertiary/aromatic N) is 5. The molecule has 2 aromatic heterocycles. The van der Waals surface area contributed by atoms with Crippen LogP contribution in [-0.4, -0.2) is 59.9 Å². The Morgan fingerprint density at radius 2 is 1.74 bits per heavy atom. The molecule has 0 saturated carbocycles. The lowest BCUT2D eigenvalue weighted by molar-refractivity contribution is -0.168. The van der Waals surface area contributed by atoms with Crippen LogP contribution < -0.4 is 14.6 Å². The van der Waals surface area contributed by atoms with Crippen molar-refractivity contribution in [3.05, 3.63) is 65.9 Å². The van der Waals surface area contributed by atoms with Crippen LogP contribution in [0.2, 0.25) is 0 Å². The quantitative estimate of drug-likeness (QED) is 0.208. The van der Waals surface area contributed by atoms with E-state index < -0.39 is 51.9 Å². The molecular formula is C29H33F3N6O7S.